The first-order valence-electron chi connectivity index (χ1n) is 11.8. The van der Waals surface area contributed by atoms with Gasteiger partial charge in [0.1, 0.15) is 11.6 Å². The lowest BCUT2D eigenvalue weighted by atomic mass is 9.98. The summed E-state index contributed by atoms with van der Waals surface area (Å²) in [7, 11) is 0. The van der Waals surface area contributed by atoms with Gasteiger partial charge in [-0.1, -0.05) is 56.2 Å². The Morgan fingerprint density at radius 1 is 0.857 bits per heavy atom. The van der Waals surface area contributed by atoms with Gasteiger partial charge < -0.3 is 4.74 Å². The van der Waals surface area contributed by atoms with Gasteiger partial charge in [0.05, 0.1) is 24.1 Å². The molecule has 0 radical (unpaired) electrons. The lowest BCUT2D eigenvalue weighted by molar-refractivity contribution is -0.137. The number of benzene rings is 3. The van der Waals surface area contributed by atoms with Crippen molar-refractivity contribution in [3.63, 3.8) is 0 Å². The van der Waals surface area contributed by atoms with E-state index in [1.807, 2.05) is 30.3 Å². The Bertz CT molecular complexity index is 1270. The summed E-state index contributed by atoms with van der Waals surface area (Å²) in [6.07, 6.45) is 1.49. The second-order valence-corrected chi connectivity index (χ2v) is 8.60. The van der Waals surface area contributed by atoms with E-state index in [1.54, 1.807) is 18.3 Å². The number of rotatable bonds is 9. The molecule has 35 heavy (non-hydrogen) atoms. The van der Waals surface area contributed by atoms with Crippen molar-refractivity contribution < 1.29 is 22.3 Å². The summed E-state index contributed by atoms with van der Waals surface area (Å²) in [5, 5.41) is 1.27. The molecule has 3 aromatic carbocycles. The maximum absolute atomic E-state index is 15.2. The maximum atomic E-state index is 15.2. The number of fused-ring (bicyclic) bond motifs is 1. The lowest BCUT2D eigenvalue weighted by Gasteiger charge is -2.10. The number of alkyl halides is 3. The highest BCUT2D eigenvalue weighted by Crippen LogP contribution is 2.30. The molecule has 0 atom stereocenters. The van der Waals surface area contributed by atoms with Crippen LogP contribution in [0.15, 0.2) is 72.9 Å². The van der Waals surface area contributed by atoms with E-state index in [1.165, 1.54) is 12.1 Å². The third-order valence-corrected chi connectivity index (χ3v) is 6.05. The Balaban J connectivity index is 1.44. The minimum absolute atomic E-state index is 0.301. The van der Waals surface area contributed by atoms with Crippen LogP contribution in [0.2, 0.25) is 0 Å². The molecular weight excluding hydrogens is 454 g/mol. The van der Waals surface area contributed by atoms with Crippen molar-refractivity contribution in [2.24, 2.45) is 0 Å². The molecule has 2 nitrogen and oxygen atoms in total. The van der Waals surface area contributed by atoms with Crippen LogP contribution in [0, 0.1) is 5.82 Å². The number of hydrogen-bond donors (Lipinski definition) is 0. The molecule has 1 aromatic heterocycles. The number of ether oxygens (including phenoxy) is 1. The van der Waals surface area contributed by atoms with Gasteiger partial charge >= 0.3 is 6.18 Å². The molecule has 0 aliphatic heterocycles. The molecule has 0 aliphatic carbocycles. The fraction of sp³-hybridized carbons (Fsp3) is 0.276. The predicted octanol–water partition coefficient (Wildman–Crippen LogP) is 8.41. The van der Waals surface area contributed by atoms with E-state index in [0.717, 1.165) is 59.4 Å². The van der Waals surface area contributed by atoms with Crippen molar-refractivity contribution in [3.8, 4) is 17.0 Å². The second kappa shape index (κ2) is 10.9. The first-order valence-corrected chi connectivity index (χ1v) is 11.8. The molecule has 0 amide bonds. The molecule has 0 aliphatic rings. The van der Waals surface area contributed by atoms with Gasteiger partial charge in [0.15, 0.2) is 0 Å². The molecular formula is C29H27F4NO. The zero-order chi connectivity index (χ0) is 24.8. The van der Waals surface area contributed by atoms with Crippen molar-refractivity contribution in [1.82, 2.24) is 4.98 Å². The van der Waals surface area contributed by atoms with Crippen LogP contribution in [-0.4, -0.2) is 11.6 Å². The fourth-order valence-electron chi connectivity index (χ4n) is 4.01. The highest BCUT2D eigenvalue weighted by atomic mass is 19.4. The van der Waals surface area contributed by atoms with Gasteiger partial charge in [-0.25, -0.2) is 4.39 Å². The summed E-state index contributed by atoms with van der Waals surface area (Å²) in [6, 6.07) is 17.9. The summed E-state index contributed by atoms with van der Waals surface area (Å²) >= 11 is 0. The van der Waals surface area contributed by atoms with Crippen LogP contribution in [0.4, 0.5) is 17.6 Å². The van der Waals surface area contributed by atoms with Gasteiger partial charge in [-0.3, -0.25) is 4.98 Å². The van der Waals surface area contributed by atoms with Crippen LogP contribution in [0.5, 0.6) is 5.75 Å². The van der Waals surface area contributed by atoms with Crippen molar-refractivity contribution >= 4 is 10.8 Å². The van der Waals surface area contributed by atoms with E-state index in [2.05, 4.69) is 11.9 Å². The molecule has 0 spiro atoms. The van der Waals surface area contributed by atoms with E-state index >= 15 is 4.39 Å². The summed E-state index contributed by atoms with van der Waals surface area (Å²) < 4.78 is 59.1. The summed E-state index contributed by atoms with van der Waals surface area (Å²) in [5.74, 6) is 0.430. The number of aryl methyl sites for hydroxylation is 2. The molecule has 0 N–H and O–H groups in total. The highest BCUT2D eigenvalue weighted by molar-refractivity contribution is 5.88. The van der Waals surface area contributed by atoms with Crippen molar-refractivity contribution in [3.05, 3.63) is 95.4 Å². The maximum Gasteiger partial charge on any atom is 0.416 e. The molecule has 1 heterocycles. The molecule has 0 saturated heterocycles. The third kappa shape index (κ3) is 6.18. The fourth-order valence-corrected chi connectivity index (χ4v) is 4.01. The largest absolute Gasteiger partial charge is 0.492 e. The molecule has 182 valence electrons. The number of aromatic nitrogens is 1. The van der Waals surface area contributed by atoms with E-state index in [4.69, 9.17) is 4.74 Å². The van der Waals surface area contributed by atoms with Gasteiger partial charge in [0.2, 0.25) is 0 Å². The normalized spacial score (nSPS) is 11.7. The van der Waals surface area contributed by atoms with Gasteiger partial charge in [0, 0.05) is 10.9 Å². The quantitative estimate of drug-likeness (QED) is 0.177. The van der Waals surface area contributed by atoms with Gasteiger partial charge in [0.25, 0.3) is 0 Å². The lowest BCUT2D eigenvalue weighted by Crippen LogP contribution is -2.04. The molecule has 4 aromatic rings. The van der Waals surface area contributed by atoms with E-state index in [0.29, 0.717) is 30.4 Å². The summed E-state index contributed by atoms with van der Waals surface area (Å²) in [5.41, 5.74) is 2.24. The van der Waals surface area contributed by atoms with Crippen LogP contribution in [0.25, 0.3) is 22.0 Å². The Hall–Kier alpha value is -3.41. The second-order valence-electron chi connectivity index (χ2n) is 8.60. The molecule has 0 saturated carbocycles. The average molecular weight is 482 g/mol. The third-order valence-electron chi connectivity index (χ3n) is 6.05. The van der Waals surface area contributed by atoms with Crippen LogP contribution >= 0.6 is 0 Å². The standard InChI is InChI=1S/C29H27F4NO/c1-2-3-4-17-35-25-14-16-27(34-19-25)23-11-15-26-22(18-23)10-9-21(28(26)30)8-5-20-6-12-24(13-7-20)29(31,32)33/h6-7,9-16,18-19H,2-5,8,17H2,1H3. The number of nitrogens with zero attached hydrogens (tertiary/aromatic N) is 1. The minimum atomic E-state index is -4.36. The van der Waals surface area contributed by atoms with Crippen LogP contribution in [0.3, 0.4) is 0 Å². The van der Waals surface area contributed by atoms with Crippen LogP contribution in [-0.2, 0) is 19.0 Å². The summed E-state index contributed by atoms with van der Waals surface area (Å²) in [6.45, 7) is 2.82. The number of unbranched alkanes of at least 4 members (excludes halogenated alkanes) is 2. The first-order chi connectivity index (χ1) is 16.8. The summed E-state index contributed by atoms with van der Waals surface area (Å²) in [4.78, 5) is 4.49. The van der Waals surface area contributed by atoms with Crippen molar-refractivity contribution in [1.29, 1.82) is 0 Å². The topological polar surface area (TPSA) is 22.1 Å². The zero-order valence-corrected chi connectivity index (χ0v) is 19.5. The minimum Gasteiger partial charge on any atom is -0.492 e. The van der Waals surface area contributed by atoms with E-state index in [-0.39, 0.29) is 5.82 Å². The first kappa shape index (κ1) is 24.7. The van der Waals surface area contributed by atoms with Crippen molar-refractivity contribution in [2.75, 3.05) is 6.61 Å². The molecule has 0 bridgehead atoms. The monoisotopic (exact) mass is 481 g/mol. The molecule has 4 rings (SSSR count). The Morgan fingerprint density at radius 3 is 2.34 bits per heavy atom. The smallest absolute Gasteiger partial charge is 0.416 e. The van der Waals surface area contributed by atoms with Gasteiger partial charge in [-0.05, 0) is 66.1 Å². The Kier molecular flexibility index (Phi) is 7.69. The molecule has 0 unspecified atom stereocenters. The van der Waals surface area contributed by atoms with E-state index < -0.39 is 11.7 Å². The highest BCUT2D eigenvalue weighted by Gasteiger charge is 2.29. The number of hydrogen-bond acceptors (Lipinski definition) is 2. The Morgan fingerprint density at radius 2 is 1.66 bits per heavy atom. The van der Waals surface area contributed by atoms with Gasteiger partial charge in [-0.2, -0.15) is 13.2 Å². The molecule has 6 heteroatoms. The van der Waals surface area contributed by atoms with Crippen LogP contribution < -0.4 is 4.74 Å². The Labute approximate surface area is 202 Å². The number of halogens is 4. The van der Waals surface area contributed by atoms with Crippen LogP contribution in [0.1, 0.15) is 42.9 Å². The van der Waals surface area contributed by atoms with Gasteiger partial charge in [-0.15, -0.1) is 0 Å². The zero-order valence-electron chi connectivity index (χ0n) is 19.5. The SMILES string of the molecule is CCCCCOc1ccc(-c2ccc3c(F)c(CCc4ccc(C(F)(F)F)cc4)ccc3c2)nc1. The molecule has 0 fully saturated rings. The van der Waals surface area contributed by atoms with E-state index in [9.17, 15) is 13.2 Å². The van der Waals surface area contributed by atoms with Crippen molar-refractivity contribution in [2.45, 2.75) is 45.2 Å². The number of pyridine rings is 1. The average Bonchev–Trinajstić information content (AvgIpc) is 2.86. The predicted molar refractivity (Wildman–Crippen MR) is 131 cm³/mol.